The smallest absolute Gasteiger partial charge is 0.262 e. The Kier molecular flexibility index (Phi) is 4.48. The molecule has 0 radical (unpaired) electrons. The van der Waals surface area contributed by atoms with Gasteiger partial charge in [-0.1, -0.05) is 12.1 Å². The quantitative estimate of drug-likeness (QED) is 0.639. The number of benzene rings is 1. The van der Waals surface area contributed by atoms with Gasteiger partial charge >= 0.3 is 0 Å². The molecule has 0 spiro atoms. The second-order valence-corrected chi connectivity index (χ2v) is 8.40. The fourth-order valence-electron chi connectivity index (χ4n) is 5.19. The molecule has 0 aliphatic carbocycles. The maximum Gasteiger partial charge on any atom is 0.262 e. The lowest BCUT2D eigenvalue weighted by Crippen LogP contribution is -2.54. The first-order valence-electron chi connectivity index (χ1n) is 10.4. The number of nitrogens with zero attached hydrogens (tertiary/aromatic N) is 1. The molecule has 3 fully saturated rings. The highest BCUT2D eigenvalue weighted by molar-refractivity contribution is 6.24. The number of rotatable bonds is 4. The van der Waals surface area contributed by atoms with Gasteiger partial charge in [-0.3, -0.25) is 29.4 Å². The number of nitrogens with one attached hydrogen (secondary N) is 3. The molecule has 4 atom stereocenters. The van der Waals surface area contributed by atoms with Gasteiger partial charge in [-0.05, 0) is 43.7 Å². The second-order valence-electron chi connectivity index (χ2n) is 8.40. The van der Waals surface area contributed by atoms with Crippen molar-refractivity contribution in [2.24, 2.45) is 0 Å². The molecule has 4 aliphatic heterocycles. The van der Waals surface area contributed by atoms with Gasteiger partial charge in [-0.15, -0.1) is 0 Å². The Morgan fingerprint density at radius 2 is 1.83 bits per heavy atom. The summed E-state index contributed by atoms with van der Waals surface area (Å²) in [5.74, 6) is -1.86. The number of piperidine rings is 2. The summed E-state index contributed by atoms with van der Waals surface area (Å²) in [7, 11) is 0. The second kappa shape index (κ2) is 7.03. The molecule has 4 amide bonds. The van der Waals surface area contributed by atoms with Gasteiger partial charge < -0.3 is 10.6 Å². The molecule has 1 aromatic carbocycles. The van der Waals surface area contributed by atoms with Gasteiger partial charge in [0.15, 0.2) is 0 Å². The minimum atomic E-state index is -0.932. The summed E-state index contributed by atoms with van der Waals surface area (Å²) in [5, 5.41) is 9.44. The Bertz CT molecular complexity index is 914. The minimum Gasteiger partial charge on any atom is -0.310 e. The van der Waals surface area contributed by atoms with E-state index in [1.807, 2.05) is 6.07 Å². The highest BCUT2D eigenvalue weighted by Crippen LogP contribution is 2.31. The monoisotopic (exact) mass is 396 g/mol. The fraction of sp³-hybridized carbons (Fsp3) is 0.524. The van der Waals surface area contributed by atoms with Gasteiger partial charge in [0.1, 0.15) is 6.04 Å². The van der Waals surface area contributed by atoms with Crippen molar-refractivity contribution >= 4 is 23.6 Å². The van der Waals surface area contributed by atoms with Crippen LogP contribution in [0.2, 0.25) is 0 Å². The Morgan fingerprint density at radius 3 is 2.66 bits per heavy atom. The third-order valence-corrected chi connectivity index (χ3v) is 6.70. The molecule has 3 N–H and O–H groups in total. The van der Waals surface area contributed by atoms with E-state index in [2.05, 4.69) is 16.0 Å². The number of amides is 4. The van der Waals surface area contributed by atoms with E-state index in [1.54, 1.807) is 12.1 Å². The summed E-state index contributed by atoms with van der Waals surface area (Å²) in [6.45, 7) is 0.499. The first-order valence-corrected chi connectivity index (χ1v) is 10.4. The van der Waals surface area contributed by atoms with E-state index in [0.717, 1.165) is 29.7 Å². The first kappa shape index (κ1) is 18.4. The maximum absolute atomic E-state index is 13.1. The van der Waals surface area contributed by atoms with Crippen LogP contribution in [0.4, 0.5) is 0 Å². The predicted octanol–water partition coefficient (Wildman–Crippen LogP) is 0.460. The summed E-state index contributed by atoms with van der Waals surface area (Å²) in [6.07, 6.45) is 4.93. The van der Waals surface area contributed by atoms with E-state index >= 15 is 0 Å². The zero-order valence-corrected chi connectivity index (χ0v) is 16.1. The Labute approximate surface area is 168 Å². The average molecular weight is 396 g/mol. The molecule has 4 aliphatic rings. The molecule has 4 heterocycles. The summed E-state index contributed by atoms with van der Waals surface area (Å²) < 4.78 is 0. The van der Waals surface area contributed by atoms with E-state index in [0.29, 0.717) is 35.8 Å². The van der Waals surface area contributed by atoms with E-state index in [4.69, 9.17) is 0 Å². The molecule has 29 heavy (non-hydrogen) atoms. The van der Waals surface area contributed by atoms with Crippen LogP contribution in [0, 0.1) is 0 Å². The molecular weight excluding hydrogens is 372 g/mol. The van der Waals surface area contributed by atoms with Crippen molar-refractivity contribution in [3.63, 3.8) is 0 Å². The zero-order chi connectivity index (χ0) is 20.1. The topological polar surface area (TPSA) is 108 Å². The third kappa shape index (κ3) is 3.07. The molecule has 0 saturated carbocycles. The molecule has 4 unspecified atom stereocenters. The summed E-state index contributed by atoms with van der Waals surface area (Å²) in [5.41, 5.74) is 1.49. The molecule has 0 aromatic heterocycles. The highest BCUT2D eigenvalue weighted by atomic mass is 16.2. The van der Waals surface area contributed by atoms with Crippen LogP contribution < -0.4 is 16.0 Å². The standard InChI is InChI=1S/C21H24N4O4/c26-17-9-8-16(19(27)24-17)25-20(28)13-3-1-2-11(18(13)21(25)29)10-22-14-6-4-12-5-7-15(14)23-12/h1-3,12,14-16,22-23H,4-10H2,(H,24,26,27). The summed E-state index contributed by atoms with van der Waals surface area (Å²) in [6, 6.07) is 5.79. The van der Waals surface area contributed by atoms with Crippen molar-refractivity contribution in [2.45, 2.75) is 69.2 Å². The molecule has 2 bridgehead atoms. The number of carbonyl (C=O) groups excluding carboxylic acids is 4. The van der Waals surface area contributed by atoms with Crippen molar-refractivity contribution in [3.05, 3.63) is 34.9 Å². The van der Waals surface area contributed by atoms with Gasteiger partial charge in [-0.25, -0.2) is 0 Å². The number of hydrogen-bond donors (Lipinski definition) is 3. The zero-order valence-electron chi connectivity index (χ0n) is 16.1. The van der Waals surface area contributed by atoms with Gasteiger partial charge in [0.05, 0.1) is 11.1 Å². The lowest BCUT2D eigenvalue weighted by molar-refractivity contribution is -0.136. The van der Waals surface area contributed by atoms with E-state index in [9.17, 15) is 19.2 Å². The third-order valence-electron chi connectivity index (χ3n) is 6.70. The normalized spacial score (nSPS) is 31.2. The van der Waals surface area contributed by atoms with Gasteiger partial charge in [0.2, 0.25) is 11.8 Å². The first-order chi connectivity index (χ1) is 14.0. The van der Waals surface area contributed by atoms with Crippen LogP contribution >= 0.6 is 0 Å². The number of carbonyl (C=O) groups is 4. The van der Waals surface area contributed by atoms with E-state index < -0.39 is 23.8 Å². The molecule has 5 rings (SSSR count). The Morgan fingerprint density at radius 1 is 1.00 bits per heavy atom. The molecule has 3 saturated heterocycles. The van der Waals surface area contributed by atoms with Crippen molar-refractivity contribution in [3.8, 4) is 0 Å². The average Bonchev–Trinajstić information content (AvgIpc) is 3.21. The maximum atomic E-state index is 13.1. The molecular formula is C21H24N4O4. The molecule has 152 valence electrons. The molecule has 8 heteroatoms. The predicted molar refractivity (Wildman–Crippen MR) is 103 cm³/mol. The van der Waals surface area contributed by atoms with Crippen molar-refractivity contribution in [1.29, 1.82) is 0 Å². The van der Waals surface area contributed by atoms with Crippen LogP contribution in [0.3, 0.4) is 0 Å². The van der Waals surface area contributed by atoms with Crippen LogP contribution in [0.5, 0.6) is 0 Å². The number of hydrogen-bond acceptors (Lipinski definition) is 6. The lowest BCUT2D eigenvalue weighted by atomic mass is 9.98. The van der Waals surface area contributed by atoms with Crippen molar-refractivity contribution in [2.75, 3.05) is 0 Å². The highest BCUT2D eigenvalue weighted by Gasteiger charge is 2.45. The summed E-state index contributed by atoms with van der Waals surface area (Å²) >= 11 is 0. The van der Waals surface area contributed by atoms with Gasteiger partial charge in [0.25, 0.3) is 11.8 Å². The molecule has 8 nitrogen and oxygen atoms in total. The van der Waals surface area contributed by atoms with Crippen LogP contribution in [0.15, 0.2) is 18.2 Å². The summed E-state index contributed by atoms with van der Waals surface area (Å²) in [4.78, 5) is 50.7. The van der Waals surface area contributed by atoms with Gasteiger partial charge in [-0.2, -0.15) is 0 Å². The Hall–Kier alpha value is -2.58. The van der Waals surface area contributed by atoms with Crippen molar-refractivity contribution < 1.29 is 19.2 Å². The van der Waals surface area contributed by atoms with Crippen LogP contribution in [-0.4, -0.2) is 52.7 Å². The van der Waals surface area contributed by atoms with Crippen molar-refractivity contribution in [1.82, 2.24) is 20.9 Å². The van der Waals surface area contributed by atoms with Crippen LogP contribution in [0.1, 0.15) is 64.8 Å². The van der Waals surface area contributed by atoms with E-state index in [-0.39, 0.29) is 18.7 Å². The van der Waals surface area contributed by atoms with E-state index in [1.165, 1.54) is 6.42 Å². The number of fused-ring (bicyclic) bond motifs is 3. The van der Waals surface area contributed by atoms with Gasteiger partial charge in [0, 0.05) is 31.1 Å². The largest absolute Gasteiger partial charge is 0.310 e. The number of imide groups is 2. The van der Waals surface area contributed by atoms with Crippen LogP contribution in [-0.2, 0) is 16.1 Å². The Balaban J connectivity index is 1.36. The molecule has 1 aromatic rings. The lowest BCUT2D eigenvalue weighted by Gasteiger charge is -2.31. The minimum absolute atomic E-state index is 0.120. The SMILES string of the molecule is O=C1CCC(N2C(=O)c3cccc(CNC4CCC5CCC4N5)c3C2=O)C(=O)N1. The van der Waals surface area contributed by atoms with Crippen LogP contribution in [0.25, 0.3) is 0 Å². The fourth-order valence-corrected chi connectivity index (χ4v) is 5.19.